The molecule has 26 heavy (non-hydrogen) atoms. The van der Waals surface area contributed by atoms with Crippen molar-refractivity contribution in [2.45, 2.75) is 33.2 Å². The Hall–Kier alpha value is -2.47. The van der Waals surface area contributed by atoms with Gasteiger partial charge in [0.15, 0.2) is 0 Å². The largest absolute Gasteiger partial charge is 0.352 e. The van der Waals surface area contributed by atoms with Crippen molar-refractivity contribution in [2.75, 3.05) is 10.6 Å². The Kier molecular flexibility index (Phi) is 5.83. The molecule has 0 spiro atoms. The highest BCUT2D eigenvalue weighted by molar-refractivity contribution is 9.10. The van der Waals surface area contributed by atoms with Crippen LogP contribution in [-0.2, 0) is 0 Å². The van der Waals surface area contributed by atoms with Gasteiger partial charge in [-0.2, -0.15) is 4.98 Å². The van der Waals surface area contributed by atoms with E-state index < -0.39 is 0 Å². The third-order valence-corrected chi connectivity index (χ3v) is 4.73. The SMILES string of the molecule is CC[C@@H](C)Nc1nc(Nc2ccc(C)cc2Br)cc(-c2ccncc2)n1. The molecule has 0 bridgehead atoms. The van der Waals surface area contributed by atoms with Crippen LogP contribution < -0.4 is 10.6 Å². The molecule has 1 aromatic carbocycles. The van der Waals surface area contributed by atoms with Crippen molar-refractivity contribution in [1.82, 2.24) is 15.0 Å². The van der Waals surface area contributed by atoms with Crippen molar-refractivity contribution in [2.24, 2.45) is 0 Å². The number of halogens is 1. The zero-order valence-electron chi connectivity index (χ0n) is 15.1. The van der Waals surface area contributed by atoms with E-state index in [2.05, 4.69) is 74.4 Å². The second-order valence-corrected chi connectivity index (χ2v) is 7.11. The van der Waals surface area contributed by atoms with Gasteiger partial charge in [0.05, 0.1) is 11.4 Å². The minimum absolute atomic E-state index is 0.293. The molecule has 0 fully saturated rings. The highest BCUT2D eigenvalue weighted by atomic mass is 79.9. The maximum absolute atomic E-state index is 4.67. The van der Waals surface area contributed by atoms with Crippen LogP contribution in [0.4, 0.5) is 17.5 Å². The molecule has 0 aliphatic carbocycles. The highest BCUT2D eigenvalue weighted by Gasteiger charge is 2.10. The fourth-order valence-electron chi connectivity index (χ4n) is 2.43. The third kappa shape index (κ3) is 4.58. The van der Waals surface area contributed by atoms with Crippen molar-refractivity contribution < 1.29 is 0 Å². The molecule has 6 heteroatoms. The second kappa shape index (κ2) is 8.27. The van der Waals surface area contributed by atoms with Gasteiger partial charge in [-0.15, -0.1) is 0 Å². The summed E-state index contributed by atoms with van der Waals surface area (Å²) in [7, 11) is 0. The molecule has 0 aliphatic rings. The molecule has 0 unspecified atom stereocenters. The van der Waals surface area contributed by atoms with E-state index in [9.17, 15) is 0 Å². The molecule has 0 radical (unpaired) electrons. The first-order valence-electron chi connectivity index (χ1n) is 8.64. The Morgan fingerprint density at radius 1 is 1.08 bits per heavy atom. The van der Waals surface area contributed by atoms with E-state index in [0.717, 1.165) is 33.7 Å². The zero-order chi connectivity index (χ0) is 18.5. The molecule has 2 heterocycles. The van der Waals surface area contributed by atoms with Crippen molar-refractivity contribution >= 4 is 33.4 Å². The lowest BCUT2D eigenvalue weighted by Gasteiger charge is -2.15. The van der Waals surface area contributed by atoms with Crippen LogP contribution in [0.1, 0.15) is 25.8 Å². The lowest BCUT2D eigenvalue weighted by molar-refractivity contribution is 0.753. The van der Waals surface area contributed by atoms with Crippen LogP contribution in [0.5, 0.6) is 0 Å². The summed E-state index contributed by atoms with van der Waals surface area (Å²) in [6, 6.07) is 12.3. The molecular weight excluding hydrogens is 390 g/mol. The Morgan fingerprint density at radius 3 is 2.54 bits per heavy atom. The lowest BCUT2D eigenvalue weighted by Crippen LogP contribution is -2.16. The van der Waals surface area contributed by atoms with E-state index in [1.54, 1.807) is 12.4 Å². The topological polar surface area (TPSA) is 62.7 Å². The lowest BCUT2D eigenvalue weighted by atomic mass is 10.2. The van der Waals surface area contributed by atoms with Crippen molar-refractivity contribution in [3.63, 3.8) is 0 Å². The standard InChI is InChI=1S/C20H22BrN5/c1-4-14(3)23-20-25-18(15-7-9-22-10-8-15)12-19(26-20)24-17-6-5-13(2)11-16(17)21/h5-12,14H,4H2,1-3H3,(H2,23,24,25,26)/t14-/m1/s1. The van der Waals surface area contributed by atoms with Crippen molar-refractivity contribution in [3.8, 4) is 11.3 Å². The molecule has 0 saturated heterocycles. The number of rotatable bonds is 6. The number of aromatic nitrogens is 3. The first kappa shape index (κ1) is 18.3. The Morgan fingerprint density at radius 2 is 1.85 bits per heavy atom. The minimum Gasteiger partial charge on any atom is -0.352 e. The van der Waals surface area contributed by atoms with Crippen LogP contribution in [0.25, 0.3) is 11.3 Å². The van der Waals surface area contributed by atoms with Gasteiger partial charge < -0.3 is 10.6 Å². The predicted molar refractivity (Wildman–Crippen MR) is 111 cm³/mol. The monoisotopic (exact) mass is 411 g/mol. The van der Waals surface area contributed by atoms with Crippen LogP contribution >= 0.6 is 15.9 Å². The second-order valence-electron chi connectivity index (χ2n) is 6.26. The summed E-state index contributed by atoms with van der Waals surface area (Å²) in [5.74, 6) is 1.35. The summed E-state index contributed by atoms with van der Waals surface area (Å²) >= 11 is 3.61. The van der Waals surface area contributed by atoms with Crippen LogP contribution in [0.2, 0.25) is 0 Å². The minimum atomic E-state index is 0.293. The van der Waals surface area contributed by atoms with E-state index in [0.29, 0.717) is 12.0 Å². The van der Waals surface area contributed by atoms with E-state index in [1.807, 2.05) is 24.3 Å². The number of benzene rings is 1. The Balaban J connectivity index is 1.98. The van der Waals surface area contributed by atoms with E-state index in [-0.39, 0.29) is 0 Å². The average Bonchev–Trinajstić information content (AvgIpc) is 2.64. The van der Waals surface area contributed by atoms with Gasteiger partial charge in [0, 0.05) is 34.5 Å². The number of anilines is 3. The van der Waals surface area contributed by atoms with Gasteiger partial charge in [-0.05, 0) is 66.0 Å². The Bertz CT molecular complexity index is 883. The van der Waals surface area contributed by atoms with Gasteiger partial charge in [0.2, 0.25) is 5.95 Å². The van der Waals surface area contributed by atoms with Gasteiger partial charge in [-0.3, -0.25) is 4.98 Å². The molecule has 2 aromatic heterocycles. The summed E-state index contributed by atoms with van der Waals surface area (Å²) in [6.07, 6.45) is 4.53. The number of nitrogens with zero attached hydrogens (tertiary/aromatic N) is 3. The summed E-state index contributed by atoms with van der Waals surface area (Å²) in [5.41, 5.74) is 4.01. The van der Waals surface area contributed by atoms with E-state index in [4.69, 9.17) is 0 Å². The number of aryl methyl sites for hydroxylation is 1. The van der Waals surface area contributed by atoms with E-state index in [1.165, 1.54) is 5.56 Å². The number of pyridine rings is 1. The fraction of sp³-hybridized carbons (Fsp3) is 0.250. The summed E-state index contributed by atoms with van der Waals surface area (Å²) in [6.45, 7) is 6.31. The summed E-state index contributed by atoms with van der Waals surface area (Å²) < 4.78 is 0.998. The van der Waals surface area contributed by atoms with Gasteiger partial charge >= 0.3 is 0 Å². The van der Waals surface area contributed by atoms with Gasteiger partial charge in [0.1, 0.15) is 5.82 Å². The average molecular weight is 412 g/mol. The van der Waals surface area contributed by atoms with E-state index >= 15 is 0 Å². The Labute approximate surface area is 162 Å². The summed E-state index contributed by atoms with van der Waals surface area (Å²) in [5, 5.41) is 6.75. The molecule has 0 amide bonds. The van der Waals surface area contributed by atoms with Gasteiger partial charge in [-0.1, -0.05) is 13.0 Å². The molecule has 2 N–H and O–H groups in total. The molecule has 3 rings (SSSR count). The molecule has 5 nitrogen and oxygen atoms in total. The maximum atomic E-state index is 4.67. The van der Waals surface area contributed by atoms with Crippen LogP contribution in [0, 0.1) is 6.92 Å². The van der Waals surface area contributed by atoms with Gasteiger partial charge in [-0.25, -0.2) is 4.98 Å². The first-order chi connectivity index (χ1) is 12.5. The molecule has 3 aromatic rings. The van der Waals surface area contributed by atoms with Crippen LogP contribution in [-0.4, -0.2) is 21.0 Å². The number of hydrogen-bond acceptors (Lipinski definition) is 5. The number of nitrogens with one attached hydrogen (secondary N) is 2. The summed E-state index contributed by atoms with van der Waals surface area (Å²) in [4.78, 5) is 13.4. The number of hydrogen-bond donors (Lipinski definition) is 2. The van der Waals surface area contributed by atoms with Crippen LogP contribution in [0.15, 0.2) is 53.3 Å². The normalized spacial score (nSPS) is 11.8. The quantitative estimate of drug-likeness (QED) is 0.555. The first-order valence-corrected chi connectivity index (χ1v) is 9.43. The fourth-order valence-corrected chi connectivity index (χ4v) is 3.02. The van der Waals surface area contributed by atoms with Gasteiger partial charge in [0.25, 0.3) is 0 Å². The molecule has 1 atom stereocenters. The van der Waals surface area contributed by atoms with Crippen molar-refractivity contribution in [1.29, 1.82) is 0 Å². The zero-order valence-corrected chi connectivity index (χ0v) is 16.7. The smallest absolute Gasteiger partial charge is 0.225 e. The maximum Gasteiger partial charge on any atom is 0.225 e. The molecule has 134 valence electrons. The van der Waals surface area contributed by atoms with Crippen molar-refractivity contribution in [3.05, 3.63) is 58.8 Å². The molecular formula is C20H22BrN5. The third-order valence-electron chi connectivity index (χ3n) is 4.08. The molecule has 0 aliphatic heterocycles. The molecule has 0 saturated carbocycles. The van der Waals surface area contributed by atoms with Crippen LogP contribution in [0.3, 0.4) is 0 Å². The highest BCUT2D eigenvalue weighted by Crippen LogP contribution is 2.28. The predicted octanol–water partition coefficient (Wildman–Crippen LogP) is 5.56.